The average Bonchev–Trinajstić information content (AvgIpc) is 2.07. The van der Waals surface area contributed by atoms with Crippen molar-refractivity contribution in [3.05, 3.63) is 22.3 Å². The number of rotatable bonds is 3. The lowest BCUT2D eigenvalue weighted by atomic mass is 10.4. The average molecular weight is 205 g/mol. The minimum Gasteiger partial charge on any atom is -0.370 e. The number of aromatic nitrogens is 1. The first-order chi connectivity index (χ1) is 5.74. The lowest BCUT2D eigenvalue weighted by molar-refractivity contribution is 0.969. The zero-order chi connectivity index (χ0) is 8.97. The van der Waals surface area contributed by atoms with Crippen LogP contribution in [0.2, 0.25) is 10.0 Å². The Hall–Kier alpha value is -0.470. The molecule has 0 aliphatic heterocycles. The normalized spacial score (nSPS) is 9.92. The number of halogens is 2. The van der Waals surface area contributed by atoms with Crippen LogP contribution in [0.25, 0.3) is 0 Å². The van der Waals surface area contributed by atoms with Crippen LogP contribution in [0.4, 0.5) is 5.82 Å². The fourth-order valence-electron chi connectivity index (χ4n) is 0.764. The first kappa shape index (κ1) is 9.62. The summed E-state index contributed by atoms with van der Waals surface area (Å²) >= 11 is 11.5. The van der Waals surface area contributed by atoms with Crippen LogP contribution < -0.4 is 5.32 Å². The number of pyridine rings is 1. The summed E-state index contributed by atoms with van der Waals surface area (Å²) in [4.78, 5) is 4.05. The van der Waals surface area contributed by atoms with Gasteiger partial charge in [0, 0.05) is 18.8 Å². The van der Waals surface area contributed by atoms with Gasteiger partial charge in [-0.05, 0) is 6.42 Å². The molecule has 4 heteroatoms. The van der Waals surface area contributed by atoms with Gasteiger partial charge in [0.1, 0.15) is 5.82 Å². The molecular weight excluding hydrogens is 195 g/mol. The van der Waals surface area contributed by atoms with E-state index in [4.69, 9.17) is 23.2 Å². The molecular formula is C8H10Cl2N2. The van der Waals surface area contributed by atoms with Crippen molar-refractivity contribution in [2.75, 3.05) is 11.9 Å². The molecule has 0 aromatic carbocycles. The zero-order valence-electron chi connectivity index (χ0n) is 6.77. The number of nitrogens with one attached hydrogen (secondary N) is 1. The van der Waals surface area contributed by atoms with Crippen molar-refractivity contribution in [1.29, 1.82) is 0 Å². The van der Waals surface area contributed by atoms with Crippen LogP contribution in [0.1, 0.15) is 13.3 Å². The fourth-order valence-corrected chi connectivity index (χ4v) is 1.02. The van der Waals surface area contributed by atoms with Gasteiger partial charge in [0.25, 0.3) is 0 Å². The van der Waals surface area contributed by atoms with Crippen molar-refractivity contribution < 1.29 is 0 Å². The van der Waals surface area contributed by atoms with Crippen molar-refractivity contribution in [3.8, 4) is 0 Å². The highest BCUT2D eigenvalue weighted by atomic mass is 35.5. The van der Waals surface area contributed by atoms with Gasteiger partial charge in [-0.3, -0.25) is 0 Å². The molecule has 0 radical (unpaired) electrons. The third-order valence-corrected chi connectivity index (χ3v) is 2.08. The third-order valence-electron chi connectivity index (χ3n) is 1.36. The van der Waals surface area contributed by atoms with Crippen LogP contribution in [0.5, 0.6) is 0 Å². The minimum atomic E-state index is 0.485. The largest absolute Gasteiger partial charge is 0.370 e. The highest BCUT2D eigenvalue weighted by Gasteiger charge is 1.98. The van der Waals surface area contributed by atoms with E-state index >= 15 is 0 Å². The monoisotopic (exact) mass is 204 g/mol. The van der Waals surface area contributed by atoms with E-state index in [9.17, 15) is 0 Å². The van der Waals surface area contributed by atoms with Crippen LogP contribution in [0.15, 0.2) is 12.3 Å². The Labute approximate surface area is 81.9 Å². The second kappa shape index (κ2) is 4.53. The van der Waals surface area contributed by atoms with Crippen molar-refractivity contribution in [2.45, 2.75) is 13.3 Å². The summed E-state index contributed by atoms with van der Waals surface area (Å²) in [5.74, 6) is 0.770. The van der Waals surface area contributed by atoms with E-state index in [1.54, 1.807) is 12.3 Å². The van der Waals surface area contributed by atoms with Crippen molar-refractivity contribution >= 4 is 29.0 Å². The Morgan fingerprint density at radius 1 is 1.42 bits per heavy atom. The molecule has 1 aromatic rings. The number of nitrogens with zero attached hydrogens (tertiary/aromatic N) is 1. The Bertz CT molecular complexity index is 263. The van der Waals surface area contributed by atoms with E-state index in [0.717, 1.165) is 18.8 Å². The maximum absolute atomic E-state index is 5.78. The molecule has 0 saturated carbocycles. The molecule has 0 fully saturated rings. The maximum atomic E-state index is 5.78. The molecule has 2 nitrogen and oxygen atoms in total. The van der Waals surface area contributed by atoms with Crippen LogP contribution in [-0.4, -0.2) is 11.5 Å². The van der Waals surface area contributed by atoms with E-state index < -0.39 is 0 Å². The predicted octanol–water partition coefficient (Wildman–Crippen LogP) is 3.21. The first-order valence-electron chi connectivity index (χ1n) is 3.79. The molecule has 66 valence electrons. The molecule has 0 aliphatic rings. The van der Waals surface area contributed by atoms with Gasteiger partial charge in [0.05, 0.1) is 10.0 Å². The molecule has 0 spiro atoms. The molecule has 0 aliphatic carbocycles. The smallest absolute Gasteiger partial charge is 0.127 e. The lowest BCUT2D eigenvalue weighted by Gasteiger charge is -2.03. The Balaban J connectivity index is 2.69. The number of hydrogen-bond acceptors (Lipinski definition) is 2. The molecule has 0 bridgehead atoms. The standard InChI is InChI=1S/C8H10Cl2N2/c1-2-3-11-8-4-6(9)7(10)5-12-8/h4-5H,2-3H2,1H3,(H,11,12). The minimum absolute atomic E-state index is 0.485. The van der Waals surface area contributed by atoms with Crippen molar-refractivity contribution in [1.82, 2.24) is 4.98 Å². The summed E-state index contributed by atoms with van der Waals surface area (Å²) in [5.41, 5.74) is 0. The van der Waals surface area contributed by atoms with Gasteiger partial charge in [0.2, 0.25) is 0 Å². The van der Waals surface area contributed by atoms with E-state index in [1.807, 2.05) is 0 Å². The second-order valence-electron chi connectivity index (χ2n) is 2.41. The topological polar surface area (TPSA) is 24.9 Å². The molecule has 1 heterocycles. The number of anilines is 1. The summed E-state index contributed by atoms with van der Waals surface area (Å²) in [7, 11) is 0. The predicted molar refractivity (Wildman–Crippen MR) is 53.0 cm³/mol. The van der Waals surface area contributed by atoms with Gasteiger partial charge in [-0.2, -0.15) is 0 Å². The van der Waals surface area contributed by atoms with E-state index in [0.29, 0.717) is 10.0 Å². The number of hydrogen-bond donors (Lipinski definition) is 1. The summed E-state index contributed by atoms with van der Waals surface area (Å²) in [6.07, 6.45) is 2.60. The molecule has 0 unspecified atom stereocenters. The highest BCUT2D eigenvalue weighted by Crippen LogP contribution is 2.22. The Kier molecular flexibility index (Phi) is 3.63. The van der Waals surface area contributed by atoms with Gasteiger partial charge < -0.3 is 5.32 Å². The first-order valence-corrected chi connectivity index (χ1v) is 4.54. The summed E-state index contributed by atoms with van der Waals surface area (Å²) in [6.45, 7) is 2.98. The van der Waals surface area contributed by atoms with E-state index in [1.165, 1.54) is 0 Å². The Morgan fingerprint density at radius 3 is 2.75 bits per heavy atom. The zero-order valence-corrected chi connectivity index (χ0v) is 8.28. The maximum Gasteiger partial charge on any atom is 0.127 e. The van der Waals surface area contributed by atoms with Gasteiger partial charge in [0.15, 0.2) is 0 Å². The van der Waals surface area contributed by atoms with E-state index in [2.05, 4.69) is 17.2 Å². The molecule has 0 saturated heterocycles. The molecule has 12 heavy (non-hydrogen) atoms. The van der Waals surface area contributed by atoms with Gasteiger partial charge >= 0.3 is 0 Å². The summed E-state index contributed by atoms with van der Waals surface area (Å²) in [5, 5.41) is 4.13. The summed E-state index contributed by atoms with van der Waals surface area (Å²) < 4.78 is 0. The van der Waals surface area contributed by atoms with Crippen molar-refractivity contribution in [2.24, 2.45) is 0 Å². The van der Waals surface area contributed by atoms with Gasteiger partial charge in [-0.1, -0.05) is 30.1 Å². The third kappa shape index (κ3) is 2.54. The van der Waals surface area contributed by atoms with Gasteiger partial charge in [-0.25, -0.2) is 4.98 Å². The SMILES string of the molecule is CCCNc1cc(Cl)c(Cl)cn1. The Morgan fingerprint density at radius 2 is 2.17 bits per heavy atom. The molecule has 1 aromatic heterocycles. The highest BCUT2D eigenvalue weighted by molar-refractivity contribution is 6.42. The van der Waals surface area contributed by atoms with Crippen LogP contribution >= 0.6 is 23.2 Å². The lowest BCUT2D eigenvalue weighted by Crippen LogP contribution is -2.01. The van der Waals surface area contributed by atoms with Crippen LogP contribution in [0, 0.1) is 0 Å². The van der Waals surface area contributed by atoms with Crippen molar-refractivity contribution in [3.63, 3.8) is 0 Å². The molecule has 0 amide bonds. The molecule has 1 N–H and O–H groups in total. The van der Waals surface area contributed by atoms with Crippen LogP contribution in [0.3, 0.4) is 0 Å². The quantitative estimate of drug-likeness (QED) is 0.819. The molecule has 1 rings (SSSR count). The second-order valence-corrected chi connectivity index (χ2v) is 3.22. The van der Waals surface area contributed by atoms with Gasteiger partial charge in [-0.15, -0.1) is 0 Å². The fraction of sp³-hybridized carbons (Fsp3) is 0.375. The van der Waals surface area contributed by atoms with E-state index in [-0.39, 0.29) is 0 Å². The van der Waals surface area contributed by atoms with Crippen LogP contribution in [-0.2, 0) is 0 Å². The summed E-state index contributed by atoms with van der Waals surface area (Å²) in [6, 6.07) is 1.72. The molecule has 0 atom stereocenters.